The van der Waals surface area contributed by atoms with Gasteiger partial charge in [0, 0.05) is 12.3 Å². The van der Waals surface area contributed by atoms with Crippen LogP contribution in [0.2, 0.25) is 0 Å². The van der Waals surface area contributed by atoms with E-state index in [0.717, 1.165) is 0 Å². The van der Waals surface area contributed by atoms with Gasteiger partial charge in [-0.3, -0.25) is 0 Å². The summed E-state index contributed by atoms with van der Waals surface area (Å²) in [6.07, 6.45) is 4.73. The van der Waals surface area contributed by atoms with Crippen LogP contribution in [0.4, 0.5) is 5.69 Å². The van der Waals surface area contributed by atoms with E-state index in [1.807, 2.05) is 6.07 Å². The quantitative estimate of drug-likeness (QED) is 0.709. The second-order valence-electron chi connectivity index (χ2n) is 2.73. The van der Waals surface area contributed by atoms with Crippen molar-refractivity contribution in [1.29, 1.82) is 5.26 Å². The minimum Gasteiger partial charge on any atom is -0.396 e. The Labute approximate surface area is 80.4 Å². The lowest BCUT2D eigenvalue weighted by Crippen LogP contribution is -1.97. The Morgan fingerprint density at radius 2 is 2.36 bits per heavy atom. The summed E-state index contributed by atoms with van der Waals surface area (Å²) in [6.45, 7) is 0. The molecule has 0 amide bonds. The first-order valence-electron chi connectivity index (χ1n) is 3.96. The first kappa shape index (κ1) is 8.26. The Kier molecular flexibility index (Phi) is 1.88. The molecule has 0 radical (unpaired) electrons. The lowest BCUT2D eigenvalue weighted by molar-refractivity contribution is 0.846. The van der Waals surface area contributed by atoms with Crippen LogP contribution in [-0.4, -0.2) is 14.8 Å². The van der Waals surface area contributed by atoms with E-state index in [2.05, 4.69) is 10.1 Å². The van der Waals surface area contributed by atoms with Crippen molar-refractivity contribution in [2.75, 3.05) is 5.73 Å². The van der Waals surface area contributed by atoms with Gasteiger partial charge in [0.2, 0.25) is 0 Å². The fraction of sp³-hybridized carbons (Fsp3) is 0. The van der Waals surface area contributed by atoms with Gasteiger partial charge in [0.15, 0.2) is 5.82 Å². The number of nitriles is 1. The van der Waals surface area contributed by atoms with Crippen LogP contribution >= 0.6 is 0 Å². The molecule has 5 heteroatoms. The fourth-order valence-corrected chi connectivity index (χ4v) is 1.08. The maximum absolute atomic E-state index is 8.68. The summed E-state index contributed by atoms with van der Waals surface area (Å²) in [5.41, 5.74) is 6.62. The van der Waals surface area contributed by atoms with Gasteiger partial charge in [-0.15, -0.1) is 0 Å². The smallest absolute Gasteiger partial charge is 0.154 e. The third kappa shape index (κ3) is 1.41. The summed E-state index contributed by atoms with van der Waals surface area (Å²) in [6, 6.07) is 5.31. The third-order valence-electron chi connectivity index (χ3n) is 1.71. The molecule has 68 valence electrons. The number of hydrogen-bond acceptors (Lipinski definition) is 4. The Balaban J connectivity index is 2.47. The molecule has 5 nitrogen and oxygen atoms in total. The van der Waals surface area contributed by atoms with Crippen molar-refractivity contribution < 1.29 is 0 Å². The van der Waals surface area contributed by atoms with Crippen LogP contribution in [0.1, 0.15) is 5.56 Å². The Hall–Kier alpha value is -2.35. The highest BCUT2D eigenvalue weighted by Gasteiger charge is 2.00. The van der Waals surface area contributed by atoms with E-state index in [1.165, 1.54) is 10.9 Å². The van der Waals surface area contributed by atoms with E-state index in [0.29, 0.717) is 17.1 Å². The molecule has 0 aliphatic rings. The molecule has 0 aliphatic heterocycles. The molecule has 2 rings (SSSR count). The summed E-state index contributed by atoms with van der Waals surface area (Å²) in [5, 5.41) is 12.7. The van der Waals surface area contributed by atoms with E-state index in [1.54, 1.807) is 24.5 Å². The highest BCUT2D eigenvalue weighted by molar-refractivity contribution is 5.38. The number of nitrogen functional groups attached to an aromatic ring is 1. The maximum Gasteiger partial charge on any atom is 0.154 e. The molecule has 2 aromatic rings. The van der Waals surface area contributed by atoms with Crippen molar-refractivity contribution in [2.45, 2.75) is 0 Å². The molecule has 0 bridgehead atoms. The molecule has 2 N–H and O–H groups in total. The lowest BCUT2D eigenvalue weighted by atomic mass is 10.3. The molecule has 0 aromatic carbocycles. The van der Waals surface area contributed by atoms with Crippen LogP contribution < -0.4 is 5.73 Å². The molecular formula is C9H7N5. The molecule has 0 fully saturated rings. The first-order chi connectivity index (χ1) is 6.79. The minimum absolute atomic E-state index is 0.545. The average Bonchev–Trinajstić information content (AvgIpc) is 2.65. The zero-order valence-electron chi connectivity index (χ0n) is 7.25. The van der Waals surface area contributed by atoms with Crippen molar-refractivity contribution in [3.8, 4) is 11.9 Å². The SMILES string of the molecule is N#Cc1ccnc(-n2cc(N)cn2)c1. The molecule has 14 heavy (non-hydrogen) atoms. The Morgan fingerprint density at radius 1 is 1.50 bits per heavy atom. The summed E-state index contributed by atoms with van der Waals surface area (Å²) >= 11 is 0. The van der Waals surface area contributed by atoms with Crippen LogP contribution in [-0.2, 0) is 0 Å². The first-order valence-corrected chi connectivity index (χ1v) is 3.96. The van der Waals surface area contributed by atoms with Crippen LogP contribution in [0.3, 0.4) is 0 Å². The number of nitrogens with two attached hydrogens (primary N) is 1. The number of rotatable bonds is 1. The number of nitrogens with zero attached hydrogens (tertiary/aromatic N) is 4. The van der Waals surface area contributed by atoms with Gasteiger partial charge in [0.1, 0.15) is 0 Å². The predicted octanol–water partition coefficient (Wildman–Crippen LogP) is 0.721. The van der Waals surface area contributed by atoms with E-state index in [-0.39, 0.29) is 0 Å². The predicted molar refractivity (Wildman–Crippen MR) is 50.5 cm³/mol. The van der Waals surface area contributed by atoms with Crippen molar-refractivity contribution in [1.82, 2.24) is 14.8 Å². The Morgan fingerprint density at radius 3 is 3.00 bits per heavy atom. The summed E-state index contributed by atoms with van der Waals surface area (Å²) in [7, 11) is 0. The zero-order valence-corrected chi connectivity index (χ0v) is 7.25. The van der Waals surface area contributed by atoms with Gasteiger partial charge in [-0.25, -0.2) is 9.67 Å². The molecule has 0 unspecified atom stereocenters. The minimum atomic E-state index is 0.545. The van der Waals surface area contributed by atoms with Gasteiger partial charge in [-0.2, -0.15) is 10.4 Å². The fourth-order valence-electron chi connectivity index (χ4n) is 1.08. The molecule has 0 saturated carbocycles. The zero-order chi connectivity index (χ0) is 9.97. The highest BCUT2D eigenvalue weighted by Crippen LogP contribution is 2.07. The van der Waals surface area contributed by atoms with Crippen LogP contribution in [0, 0.1) is 11.3 Å². The average molecular weight is 185 g/mol. The second kappa shape index (κ2) is 3.18. The van der Waals surface area contributed by atoms with E-state index in [4.69, 9.17) is 11.0 Å². The molecular weight excluding hydrogens is 178 g/mol. The maximum atomic E-state index is 8.68. The van der Waals surface area contributed by atoms with Gasteiger partial charge < -0.3 is 5.73 Å². The van der Waals surface area contributed by atoms with Crippen molar-refractivity contribution in [3.05, 3.63) is 36.3 Å². The van der Waals surface area contributed by atoms with E-state index < -0.39 is 0 Å². The van der Waals surface area contributed by atoms with Gasteiger partial charge >= 0.3 is 0 Å². The standard InChI is InChI=1S/C9H7N5/c10-4-7-1-2-12-9(3-7)14-6-8(11)5-13-14/h1-3,5-6H,11H2. The number of anilines is 1. The topological polar surface area (TPSA) is 80.5 Å². The number of pyridine rings is 1. The van der Waals surface area contributed by atoms with Crippen molar-refractivity contribution in [3.63, 3.8) is 0 Å². The lowest BCUT2D eigenvalue weighted by Gasteiger charge is -1.98. The second-order valence-corrected chi connectivity index (χ2v) is 2.73. The van der Waals surface area contributed by atoms with Crippen molar-refractivity contribution >= 4 is 5.69 Å². The van der Waals surface area contributed by atoms with Gasteiger partial charge in [0.25, 0.3) is 0 Å². The van der Waals surface area contributed by atoms with Crippen LogP contribution in [0.15, 0.2) is 30.7 Å². The Bertz CT molecular complexity index is 494. The molecule has 2 heterocycles. The molecule has 0 spiro atoms. The van der Waals surface area contributed by atoms with Gasteiger partial charge in [0.05, 0.1) is 29.7 Å². The normalized spacial score (nSPS) is 9.64. The summed E-state index contributed by atoms with van der Waals surface area (Å²) < 4.78 is 1.52. The number of hydrogen-bond donors (Lipinski definition) is 1. The van der Waals surface area contributed by atoms with Crippen molar-refractivity contribution in [2.24, 2.45) is 0 Å². The van der Waals surface area contributed by atoms with E-state index in [9.17, 15) is 0 Å². The van der Waals surface area contributed by atoms with E-state index >= 15 is 0 Å². The van der Waals surface area contributed by atoms with Crippen LogP contribution in [0.25, 0.3) is 5.82 Å². The van der Waals surface area contributed by atoms with Gasteiger partial charge in [-0.05, 0) is 6.07 Å². The highest BCUT2D eigenvalue weighted by atomic mass is 15.3. The molecule has 0 atom stereocenters. The molecule has 0 aliphatic carbocycles. The monoisotopic (exact) mass is 185 g/mol. The molecule has 2 aromatic heterocycles. The third-order valence-corrected chi connectivity index (χ3v) is 1.71. The summed E-state index contributed by atoms with van der Waals surface area (Å²) in [5.74, 6) is 0.584. The molecule has 0 saturated heterocycles. The summed E-state index contributed by atoms with van der Waals surface area (Å²) in [4.78, 5) is 4.06. The number of aromatic nitrogens is 3. The largest absolute Gasteiger partial charge is 0.396 e. The van der Waals surface area contributed by atoms with Crippen LogP contribution in [0.5, 0.6) is 0 Å². The van der Waals surface area contributed by atoms with Gasteiger partial charge in [-0.1, -0.05) is 0 Å².